The van der Waals surface area contributed by atoms with Gasteiger partial charge in [0.25, 0.3) is 0 Å². The number of nitrogens with one attached hydrogen (secondary N) is 2. The number of aliphatic hydroxyl groups excluding tert-OH is 2. The van der Waals surface area contributed by atoms with Gasteiger partial charge in [-0.05, 0) is 84.3 Å². The van der Waals surface area contributed by atoms with E-state index >= 15 is 0 Å². The van der Waals surface area contributed by atoms with E-state index in [9.17, 15) is 56.4 Å². The van der Waals surface area contributed by atoms with Gasteiger partial charge in [-0.15, -0.1) is 0 Å². The van der Waals surface area contributed by atoms with Crippen LogP contribution >= 0.6 is 0 Å². The molecule has 4 aromatic carbocycles. The molecule has 4 aromatic rings. The van der Waals surface area contributed by atoms with Gasteiger partial charge >= 0.3 is 12.4 Å². The average molecular weight is 805 g/mol. The maximum Gasteiger partial charge on any atom is 0.416 e. The number of hydrogen-bond donors (Lipinski definition) is 6. The third kappa shape index (κ3) is 7.18. The molecule has 0 radical (unpaired) electrons. The number of alkyl halides is 6. The van der Waals surface area contributed by atoms with E-state index in [1.165, 1.54) is 12.1 Å². The second kappa shape index (κ2) is 14.8. The normalized spacial score (nSPS) is 16.2. The summed E-state index contributed by atoms with van der Waals surface area (Å²) in [5.74, 6) is -5.14. The molecule has 302 valence electrons. The van der Waals surface area contributed by atoms with Crippen LogP contribution < -0.4 is 10.6 Å². The number of rotatable bonds is 7. The summed E-state index contributed by atoms with van der Waals surface area (Å²) >= 11 is 0. The van der Waals surface area contributed by atoms with Crippen LogP contribution in [0.15, 0.2) is 84.6 Å². The smallest absolute Gasteiger partial charge is 0.416 e. The molecule has 0 heterocycles. The minimum absolute atomic E-state index is 0.00123. The number of aromatic hydroxyl groups is 2. The molecule has 0 unspecified atom stereocenters. The SMILES string of the molecule is Cc1cc2c(c(O)c1-c1c(C)cc3c(c1O)/C(=C\Nc1cccc(C(F)(F)F)c1)C(=O)C(O)=C3C(C)C)/C(=C\Nc1cccc(C(F)(F)F)c1)C(=O)C(O)=C2C(C)C. The molecular formula is C44H38F6N2O6. The van der Waals surface area contributed by atoms with Gasteiger partial charge in [-0.2, -0.15) is 26.3 Å². The minimum Gasteiger partial charge on any atom is -0.507 e. The molecule has 8 nitrogen and oxygen atoms in total. The van der Waals surface area contributed by atoms with Gasteiger partial charge in [0.15, 0.2) is 11.5 Å². The van der Waals surface area contributed by atoms with E-state index in [0.717, 1.165) is 48.8 Å². The number of aliphatic hydroxyl groups is 2. The number of Topliss-reactive ketones (excluding diaryl/α,β-unsaturated/α-hetero) is 2. The third-order valence-corrected chi connectivity index (χ3v) is 10.1. The van der Waals surface area contributed by atoms with Crippen LogP contribution in [0.1, 0.15) is 72.2 Å². The Hall–Kier alpha value is -6.44. The van der Waals surface area contributed by atoms with Crippen molar-refractivity contribution < 1.29 is 56.4 Å². The fraction of sp³-hybridized carbons (Fsp3) is 0.227. The van der Waals surface area contributed by atoms with Crippen LogP contribution in [0.4, 0.5) is 37.7 Å². The Labute approximate surface area is 329 Å². The topological polar surface area (TPSA) is 139 Å². The summed E-state index contributed by atoms with van der Waals surface area (Å²) < 4.78 is 80.9. The zero-order chi connectivity index (χ0) is 42.8. The van der Waals surface area contributed by atoms with Crippen LogP contribution in [0.3, 0.4) is 0 Å². The predicted octanol–water partition coefficient (Wildman–Crippen LogP) is 11.3. The zero-order valence-electron chi connectivity index (χ0n) is 32.0. The lowest BCUT2D eigenvalue weighted by atomic mass is 9.75. The van der Waals surface area contributed by atoms with Crippen molar-refractivity contribution >= 4 is 45.2 Å². The standard InChI is InChI=1S/C44H38F6N2O6/c1-19(2)31-27-13-21(5)33(39(55)35(27)29(37(53)41(31)57)17-51-25-11-7-9-23(15-25)43(45,46)47)34-22(6)14-28-32(20(3)4)42(58)38(54)30(36(28)40(34)56)18-52-26-12-8-10-24(16-26)44(48,49)50/h7-20,51-52,55-58H,1-6H3/b29-17+,30-18+. The Bertz CT molecular complexity index is 2370. The Balaban J connectivity index is 1.60. The van der Waals surface area contributed by atoms with Crippen LogP contribution in [0.2, 0.25) is 0 Å². The number of hydrogen-bond acceptors (Lipinski definition) is 8. The average Bonchev–Trinajstić information content (AvgIpc) is 3.13. The Morgan fingerprint density at radius 2 is 0.897 bits per heavy atom. The van der Waals surface area contributed by atoms with Gasteiger partial charge in [0.05, 0.1) is 22.3 Å². The van der Waals surface area contributed by atoms with Crippen LogP contribution in [-0.4, -0.2) is 32.0 Å². The molecule has 6 N–H and O–H groups in total. The molecular weight excluding hydrogens is 766 g/mol. The lowest BCUT2D eigenvalue weighted by Crippen LogP contribution is -2.20. The molecule has 0 saturated carbocycles. The summed E-state index contributed by atoms with van der Waals surface area (Å²) in [6.45, 7) is 10.1. The maximum absolute atomic E-state index is 13.8. The zero-order valence-corrected chi connectivity index (χ0v) is 32.0. The van der Waals surface area contributed by atoms with Gasteiger partial charge in [0.1, 0.15) is 11.5 Å². The van der Waals surface area contributed by atoms with Gasteiger partial charge < -0.3 is 31.1 Å². The fourth-order valence-corrected chi connectivity index (χ4v) is 7.51. The van der Waals surface area contributed by atoms with Crippen LogP contribution in [0, 0.1) is 25.7 Å². The van der Waals surface area contributed by atoms with E-state index in [-0.39, 0.29) is 67.0 Å². The van der Waals surface area contributed by atoms with Crippen molar-refractivity contribution in [3.63, 3.8) is 0 Å². The largest absolute Gasteiger partial charge is 0.507 e. The highest BCUT2D eigenvalue weighted by Crippen LogP contribution is 2.54. The summed E-state index contributed by atoms with van der Waals surface area (Å²) in [7, 11) is 0. The van der Waals surface area contributed by atoms with E-state index in [1.807, 2.05) is 0 Å². The van der Waals surface area contributed by atoms with Gasteiger partial charge in [-0.3, -0.25) is 9.59 Å². The van der Waals surface area contributed by atoms with Crippen molar-refractivity contribution in [2.45, 2.75) is 53.9 Å². The van der Waals surface area contributed by atoms with Gasteiger partial charge in [-0.1, -0.05) is 52.0 Å². The fourth-order valence-electron chi connectivity index (χ4n) is 7.51. The number of halogens is 6. The molecule has 0 spiro atoms. The summed E-state index contributed by atoms with van der Waals surface area (Å²) in [5, 5.41) is 52.2. The lowest BCUT2D eigenvalue weighted by Gasteiger charge is -2.29. The highest BCUT2D eigenvalue weighted by Gasteiger charge is 2.39. The molecule has 58 heavy (non-hydrogen) atoms. The van der Waals surface area contributed by atoms with E-state index in [2.05, 4.69) is 10.6 Å². The van der Waals surface area contributed by atoms with Crippen molar-refractivity contribution in [2.24, 2.45) is 11.8 Å². The van der Waals surface area contributed by atoms with Gasteiger partial charge in [0.2, 0.25) is 11.6 Å². The number of phenolic OH excluding ortho intramolecular Hbond substituents is 2. The van der Waals surface area contributed by atoms with Gasteiger partial charge in [-0.25, -0.2) is 0 Å². The number of ketones is 2. The molecule has 0 atom stereocenters. The number of anilines is 2. The molecule has 14 heteroatoms. The molecule has 0 aromatic heterocycles. The monoisotopic (exact) mass is 804 g/mol. The number of aryl methyl sites for hydroxylation is 2. The van der Waals surface area contributed by atoms with E-state index < -0.39 is 69.9 Å². The van der Waals surface area contributed by atoms with Crippen molar-refractivity contribution in [3.8, 4) is 22.6 Å². The Morgan fingerprint density at radius 1 is 0.552 bits per heavy atom. The number of carbonyl (C=O) groups excluding carboxylic acids is 2. The number of carbonyl (C=O) groups is 2. The molecule has 2 aliphatic rings. The summed E-state index contributed by atoms with van der Waals surface area (Å²) in [6, 6.07) is 11.5. The second-order valence-electron chi connectivity index (χ2n) is 14.7. The molecule has 2 aliphatic carbocycles. The third-order valence-electron chi connectivity index (χ3n) is 10.1. The summed E-state index contributed by atoms with van der Waals surface area (Å²) in [5.41, 5.74) is -1.28. The Morgan fingerprint density at radius 3 is 1.21 bits per heavy atom. The van der Waals surface area contributed by atoms with Crippen molar-refractivity contribution in [1.29, 1.82) is 0 Å². The number of fused-ring (bicyclic) bond motifs is 2. The highest BCUT2D eigenvalue weighted by molar-refractivity contribution is 6.35. The highest BCUT2D eigenvalue weighted by atomic mass is 19.4. The van der Waals surface area contributed by atoms with Crippen LogP contribution in [-0.2, 0) is 21.9 Å². The van der Waals surface area contributed by atoms with Crippen LogP contribution in [0.25, 0.3) is 33.4 Å². The number of benzene rings is 4. The molecule has 0 aliphatic heterocycles. The number of phenols is 2. The van der Waals surface area contributed by atoms with E-state index in [0.29, 0.717) is 11.1 Å². The number of allylic oxidation sites excluding steroid dienone is 4. The predicted molar refractivity (Wildman–Crippen MR) is 210 cm³/mol. The first-order valence-corrected chi connectivity index (χ1v) is 18.0. The molecule has 0 bridgehead atoms. The first-order chi connectivity index (χ1) is 27.0. The molecule has 0 saturated heterocycles. The second-order valence-corrected chi connectivity index (χ2v) is 14.7. The van der Waals surface area contributed by atoms with E-state index in [1.54, 1.807) is 53.7 Å². The maximum atomic E-state index is 13.8. The van der Waals surface area contributed by atoms with Crippen LogP contribution in [0.5, 0.6) is 11.5 Å². The first kappa shape index (κ1) is 41.2. The Kier molecular flexibility index (Phi) is 10.5. The lowest BCUT2D eigenvalue weighted by molar-refractivity contribution is -0.138. The van der Waals surface area contributed by atoms with Crippen molar-refractivity contribution in [3.05, 3.63) is 129 Å². The first-order valence-electron chi connectivity index (χ1n) is 18.0. The summed E-state index contributed by atoms with van der Waals surface area (Å²) in [6.07, 6.45) is -7.18. The minimum atomic E-state index is -4.66. The molecule has 6 rings (SSSR count). The summed E-state index contributed by atoms with van der Waals surface area (Å²) in [4.78, 5) is 27.7. The molecule has 0 fully saturated rings. The molecule has 0 amide bonds. The van der Waals surface area contributed by atoms with Gasteiger partial charge in [0, 0.05) is 57.2 Å². The van der Waals surface area contributed by atoms with Crippen molar-refractivity contribution in [2.75, 3.05) is 10.6 Å². The van der Waals surface area contributed by atoms with Crippen molar-refractivity contribution in [1.82, 2.24) is 0 Å². The quantitative estimate of drug-likeness (QED) is 0.0802. The van der Waals surface area contributed by atoms with E-state index in [4.69, 9.17) is 0 Å².